The average molecular weight is 216 g/mol. The van der Waals surface area contributed by atoms with Crippen molar-refractivity contribution in [1.82, 2.24) is 5.32 Å². The van der Waals surface area contributed by atoms with Gasteiger partial charge in [0, 0.05) is 19.7 Å². The molecule has 15 heavy (non-hydrogen) atoms. The molecule has 1 amide bonds. The van der Waals surface area contributed by atoms with Gasteiger partial charge in [-0.2, -0.15) is 0 Å². The van der Waals surface area contributed by atoms with E-state index >= 15 is 0 Å². The Morgan fingerprint density at radius 2 is 2.47 bits per heavy atom. The zero-order valence-corrected chi connectivity index (χ0v) is 9.25. The molecule has 0 aromatic carbocycles. The molecule has 88 valence electrons. The Kier molecular flexibility index (Phi) is 5.01. The third-order valence-corrected chi connectivity index (χ3v) is 2.46. The van der Waals surface area contributed by atoms with Crippen molar-refractivity contribution >= 4 is 5.91 Å². The van der Waals surface area contributed by atoms with Crippen LogP contribution in [0.4, 0.5) is 0 Å². The molecule has 3 N–H and O–H groups in total. The lowest BCUT2D eigenvalue weighted by Crippen LogP contribution is -2.41. The third kappa shape index (κ3) is 4.59. The molecule has 1 atom stereocenters. The fourth-order valence-electron chi connectivity index (χ4n) is 1.56. The van der Waals surface area contributed by atoms with Gasteiger partial charge in [-0.1, -0.05) is 0 Å². The Balaban J connectivity index is 2.10. The number of carbonyl (C=O) groups excluding carboxylic acids is 1. The van der Waals surface area contributed by atoms with E-state index in [0.717, 1.165) is 19.4 Å². The molecule has 1 heterocycles. The summed E-state index contributed by atoms with van der Waals surface area (Å²) in [5.74, 6) is -0.111. The first-order valence-electron chi connectivity index (χ1n) is 5.35. The van der Waals surface area contributed by atoms with Crippen LogP contribution in [0.1, 0.15) is 19.8 Å². The molecule has 0 spiro atoms. The van der Waals surface area contributed by atoms with Crippen LogP contribution in [-0.2, 0) is 14.3 Å². The zero-order valence-electron chi connectivity index (χ0n) is 9.25. The molecular formula is C10H20N2O3. The fraction of sp³-hybridized carbons (Fsp3) is 0.900. The maximum Gasteiger partial charge on any atom is 0.246 e. The van der Waals surface area contributed by atoms with Gasteiger partial charge in [0.2, 0.25) is 5.91 Å². The number of nitrogens with two attached hydrogens (primary N) is 1. The molecule has 1 saturated heterocycles. The zero-order chi connectivity index (χ0) is 11.1. The van der Waals surface area contributed by atoms with Crippen molar-refractivity contribution in [2.45, 2.75) is 25.4 Å². The van der Waals surface area contributed by atoms with Crippen LogP contribution < -0.4 is 11.1 Å². The second kappa shape index (κ2) is 6.05. The van der Waals surface area contributed by atoms with Gasteiger partial charge < -0.3 is 20.5 Å². The summed E-state index contributed by atoms with van der Waals surface area (Å²) in [5, 5.41) is 2.79. The van der Waals surface area contributed by atoms with Gasteiger partial charge in [-0.25, -0.2) is 0 Å². The summed E-state index contributed by atoms with van der Waals surface area (Å²) in [6.07, 6.45) is 2.06. The molecule has 5 heteroatoms. The largest absolute Gasteiger partial charge is 0.373 e. The van der Waals surface area contributed by atoms with Crippen LogP contribution in [0.15, 0.2) is 0 Å². The molecule has 0 radical (unpaired) electrons. The van der Waals surface area contributed by atoms with Gasteiger partial charge in [-0.3, -0.25) is 4.79 Å². The molecule has 1 aliphatic rings. The SMILES string of the molecule is CC1(CNC(=O)COCCN)CCCO1. The standard InChI is InChI=1S/C10H20N2O3/c1-10(3-2-5-15-10)8-12-9(13)7-14-6-4-11/h2-8,11H2,1H3,(H,12,13). The van der Waals surface area contributed by atoms with E-state index in [0.29, 0.717) is 19.7 Å². The number of hydrogen-bond acceptors (Lipinski definition) is 4. The molecule has 0 aromatic heterocycles. The molecule has 0 saturated carbocycles. The topological polar surface area (TPSA) is 73.6 Å². The first kappa shape index (κ1) is 12.4. The van der Waals surface area contributed by atoms with Crippen molar-refractivity contribution < 1.29 is 14.3 Å². The Morgan fingerprint density at radius 1 is 1.67 bits per heavy atom. The summed E-state index contributed by atoms with van der Waals surface area (Å²) in [6, 6.07) is 0. The summed E-state index contributed by atoms with van der Waals surface area (Å²) >= 11 is 0. The molecule has 0 aliphatic carbocycles. The van der Waals surface area contributed by atoms with Crippen LogP contribution in [0.25, 0.3) is 0 Å². The van der Waals surface area contributed by atoms with Crippen molar-refractivity contribution in [3.63, 3.8) is 0 Å². The van der Waals surface area contributed by atoms with Crippen molar-refractivity contribution in [3.05, 3.63) is 0 Å². The van der Waals surface area contributed by atoms with E-state index in [1.807, 2.05) is 6.92 Å². The second-order valence-corrected chi connectivity index (χ2v) is 4.02. The highest BCUT2D eigenvalue weighted by atomic mass is 16.5. The van der Waals surface area contributed by atoms with Gasteiger partial charge >= 0.3 is 0 Å². The number of rotatable bonds is 6. The predicted octanol–water partition coefficient (Wildman–Crippen LogP) is -0.353. The van der Waals surface area contributed by atoms with Gasteiger partial charge in [0.15, 0.2) is 0 Å². The molecule has 1 fully saturated rings. The quantitative estimate of drug-likeness (QED) is 0.595. The molecule has 1 rings (SSSR count). The summed E-state index contributed by atoms with van der Waals surface area (Å²) in [6.45, 7) is 4.29. The van der Waals surface area contributed by atoms with E-state index < -0.39 is 0 Å². The monoisotopic (exact) mass is 216 g/mol. The van der Waals surface area contributed by atoms with Crippen LogP contribution >= 0.6 is 0 Å². The third-order valence-electron chi connectivity index (χ3n) is 2.46. The fourth-order valence-corrected chi connectivity index (χ4v) is 1.56. The number of ether oxygens (including phenoxy) is 2. The van der Waals surface area contributed by atoms with Crippen LogP contribution in [0.2, 0.25) is 0 Å². The maximum absolute atomic E-state index is 11.3. The number of hydrogen-bond donors (Lipinski definition) is 2. The highest BCUT2D eigenvalue weighted by Crippen LogP contribution is 2.23. The predicted molar refractivity (Wildman–Crippen MR) is 56.5 cm³/mol. The lowest BCUT2D eigenvalue weighted by molar-refractivity contribution is -0.126. The van der Waals surface area contributed by atoms with Crippen molar-refractivity contribution in [2.75, 3.05) is 32.9 Å². The van der Waals surface area contributed by atoms with Crippen LogP contribution in [0.5, 0.6) is 0 Å². The van der Waals surface area contributed by atoms with Crippen LogP contribution in [0, 0.1) is 0 Å². The van der Waals surface area contributed by atoms with Crippen LogP contribution in [0.3, 0.4) is 0 Å². The van der Waals surface area contributed by atoms with Gasteiger partial charge in [0.25, 0.3) is 0 Å². The summed E-state index contributed by atoms with van der Waals surface area (Å²) in [7, 11) is 0. The highest BCUT2D eigenvalue weighted by molar-refractivity contribution is 5.77. The summed E-state index contributed by atoms with van der Waals surface area (Å²) < 4.78 is 10.6. The smallest absolute Gasteiger partial charge is 0.246 e. The minimum Gasteiger partial charge on any atom is -0.373 e. The number of nitrogens with one attached hydrogen (secondary N) is 1. The van der Waals surface area contributed by atoms with Gasteiger partial charge in [0.05, 0.1) is 12.2 Å². The minimum atomic E-state index is -0.191. The molecule has 0 aromatic rings. The highest BCUT2D eigenvalue weighted by Gasteiger charge is 2.29. The van der Waals surface area contributed by atoms with Gasteiger partial charge in [-0.05, 0) is 19.8 Å². The molecule has 5 nitrogen and oxygen atoms in total. The Bertz CT molecular complexity index is 203. The number of amides is 1. The second-order valence-electron chi connectivity index (χ2n) is 4.02. The average Bonchev–Trinajstić information content (AvgIpc) is 2.64. The van der Waals surface area contributed by atoms with Crippen molar-refractivity contribution in [1.29, 1.82) is 0 Å². The van der Waals surface area contributed by atoms with E-state index in [1.54, 1.807) is 0 Å². The van der Waals surface area contributed by atoms with E-state index in [1.165, 1.54) is 0 Å². The Labute approximate surface area is 90.3 Å². The van der Waals surface area contributed by atoms with E-state index in [4.69, 9.17) is 15.2 Å². The molecule has 1 aliphatic heterocycles. The molecule has 0 bridgehead atoms. The molecule has 1 unspecified atom stereocenters. The van der Waals surface area contributed by atoms with Gasteiger partial charge in [-0.15, -0.1) is 0 Å². The van der Waals surface area contributed by atoms with E-state index in [-0.39, 0.29) is 18.1 Å². The first-order valence-corrected chi connectivity index (χ1v) is 5.35. The van der Waals surface area contributed by atoms with Gasteiger partial charge in [0.1, 0.15) is 6.61 Å². The maximum atomic E-state index is 11.3. The first-order chi connectivity index (χ1) is 7.16. The van der Waals surface area contributed by atoms with E-state index in [2.05, 4.69) is 5.32 Å². The van der Waals surface area contributed by atoms with Crippen LogP contribution in [-0.4, -0.2) is 44.4 Å². The lowest BCUT2D eigenvalue weighted by Gasteiger charge is -2.23. The van der Waals surface area contributed by atoms with Crippen molar-refractivity contribution in [3.8, 4) is 0 Å². The number of carbonyl (C=O) groups is 1. The Morgan fingerprint density at radius 3 is 3.07 bits per heavy atom. The normalized spacial score (nSPS) is 25.5. The van der Waals surface area contributed by atoms with Crippen molar-refractivity contribution in [2.24, 2.45) is 5.73 Å². The summed E-state index contributed by atoms with van der Waals surface area (Å²) in [4.78, 5) is 11.3. The molecular weight excluding hydrogens is 196 g/mol. The summed E-state index contributed by atoms with van der Waals surface area (Å²) in [5.41, 5.74) is 5.04. The lowest BCUT2D eigenvalue weighted by atomic mass is 10.0. The minimum absolute atomic E-state index is 0.0767. The van der Waals surface area contributed by atoms with E-state index in [9.17, 15) is 4.79 Å². The Hall–Kier alpha value is -0.650.